The lowest BCUT2D eigenvalue weighted by molar-refractivity contribution is -0.120. The minimum atomic E-state index is -0.0406. The molecule has 1 unspecified atom stereocenters. The molecule has 1 fully saturated rings. The second kappa shape index (κ2) is 5.19. The molecule has 0 saturated heterocycles. The molecule has 1 aromatic carbocycles. The van der Waals surface area contributed by atoms with Crippen molar-refractivity contribution in [3.05, 3.63) is 29.8 Å². The molecule has 0 bridgehead atoms. The van der Waals surface area contributed by atoms with E-state index in [0.29, 0.717) is 6.04 Å². The lowest BCUT2D eigenvalue weighted by Crippen LogP contribution is -2.36. The number of rotatable bonds is 5. The summed E-state index contributed by atoms with van der Waals surface area (Å²) in [5, 5.41) is 15.7. The number of phenolic OH excluding ortho intramolecular Hbond substituents is 1. The molecule has 0 aliphatic heterocycles. The maximum absolute atomic E-state index is 11.5. The smallest absolute Gasteiger partial charge is 0.234 e. The molecule has 0 aromatic heterocycles. The third-order valence-electron chi connectivity index (χ3n) is 2.91. The Balaban J connectivity index is 1.82. The van der Waals surface area contributed by atoms with Crippen molar-refractivity contribution in [3.8, 4) is 5.75 Å². The second-order valence-electron chi connectivity index (χ2n) is 4.50. The van der Waals surface area contributed by atoms with Crippen LogP contribution in [0.5, 0.6) is 5.75 Å². The number of nitrogens with one attached hydrogen (secondary N) is 2. The third kappa shape index (κ3) is 3.46. The van der Waals surface area contributed by atoms with Gasteiger partial charge in [0.05, 0.1) is 6.54 Å². The molecule has 17 heavy (non-hydrogen) atoms. The number of para-hydroxylation sites is 1. The zero-order valence-corrected chi connectivity index (χ0v) is 9.94. The van der Waals surface area contributed by atoms with Crippen LogP contribution in [0.15, 0.2) is 24.3 Å². The summed E-state index contributed by atoms with van der Waals surface area (Å²) in [4.78, 5) is 11.5. The van der Waals surface area contributed by atoms with E-state index < -0.39 is 0 Å². The first-order valence-electron chi connectivity index (χ1n) is 5.97. The van der Waals surface area contributed by atoms with Crippen LogP contribution in [-0.4, -0.2) is 23.6 Å². The molecule has 0 heterocycles. The van der Waals surface area contributed by atoms with Crippen LogP contribution >= 0.6 is 0 Å². The predicted octanol–water partition coefficient (Wildman–Crippen LogP) is 1.32. The fourth-order valence-corrected chi connectivity index (χ4v) is 1.72. The summed E-state index contributed by atoms with van der Waals surface area (Å²) in [5.41, 5.74) is 0.812. The van der Waals surface area contributed by atoms with E-state index in [0.717, 1.165) is 18.4 Å². The molecule has 1 aliphatic carbocycles. The molecule has 4 nitrogen and oxygen atoms in total. The maximum Gasteiger partial charge on any atom is 0.234 e. The Morgan fingerprint density at radius 1 is 1.47 bits per heavy atom. The zero-order chi connectivity index (χ0) is 12.3. The number of aromatic hydroxyl groups is 1. The number of benzene rings is 1. The van der Waals surface area contributed by atoms with Crippen molar-refractivity contribution in [3.63, 3.8) is 0 Å². The quantitative estimate of drug-likeness (QED) is 0.720. The summed E-state index contributed by atoms with van der Waals surface area (Å²) in [6, 6.07) is 7.51. The van der Waals surface area contributed by atoms with Crippen LogP contribution in [-0.2, 0) is 4.79 Å². The van der Waals surface area contributed by atoms with Gasteiger partial charge in [0.15, 0.2) is 0 Å². The molecular formula is C13H18N2O2. The van der Waals surface area contributed by atoms with Gasteiger partial charge in [0.25, 0.3) is 0 Å². The average molecular weight is 234 g/mol. The van der Waals surface area contributed by atoms with Crippen molar-refractivity contribution in [2.45, 2.75) is 31.8 Å². The van der Waals surface area contributed by atoms with Gasteiger partial charge in [0, 0.05) is 17.6 Å². The summed E-state index contributed by atoms with van der Waals surface area (Å²) < 4.78 is 0. The summed E-state index contributed by atoms with van der Waals surface area (Å²) in [6.45, 7) is 2.21. The number of hydrogen-bond acceptors (Lipinski definition) is 3. The van der Waals surface area contributed by atoms with Crippen molar-refractivity contribution < 1.29 is 9.90 Å². The molecule has 1 amide bonds. The Morgan fingerprint density at radius 3 is 2.82 bits per heavy atom. The van der Waals surface area contributed by atoms with Gasteiger partial charge in [-0.25, -0.2) is 0 Å². The maximum atomic E-state index is 11.5. The van der Waals surface area contributed by atoms with Gasteiger partial charge in [0.1, 0.15) is 5.75 Å². The fraction of sp³-hybridized carbons (Fsp3) is 0.462. The lowest BCUT2D eigenvalue weighted by Gasteiger charge is -2.15. The number of amides is 1. The van der Waals surface area contributed by atoms with E-state index in [4.69, 9.17) is 0 Å². The minimum absolute atomic E-state index is 0.0229. The van der Waals surface area contributed by atoms with Crippen LogP contribution in [0.3, 0.4) is 0 Å². The van der Waals surface area contributed by atoms with Crippen LogP contribution in [0, 0.1) is 0 Å². The van der Waals surface area contributed by atoms with Gasteiger partial charge in [-0.1, -0.05) is 18.2 Å². The topological polar surface area (TPSA) is 61.4 Å². The van der Waals surface area contributed by atoms with Crippen molar-refractivity contribution in [2.75, 3.05) is 6.54 Å². The molecule has 2 rings (SSSR count). The van der Waals surface area contributed by atoms with Gasteiger partial charge >= 0.3 is 0 Å². The number of carbonyl (C=O) groups excluding carboxylic acids is 1. The minimum Gasteiger partial charge on any atom is -0.508 e. The number of carbonyl (C=O) groups is 1. The molecule has 1 saturated carbocycles. The van der Waals surface area contributed by atoms with E-state index in [1.165, 1.54) is 0 Å². The average Bonchev–Trinajstić information content (AvgIpc) is 3.10. The Labute approximate surface area is 101 Å². The summed E-state index contributed by atoms with van der Waals surface area (Å²) in [6.07, 6.45) is 2.20. The molecule has 3 N–H and O–H groups in total. The zero-order valence-electron chi connectivity index (χ0n) is 9.94. The van der Waals surface area contributed by atoms with Crippen LogP contribution in [0.4, 0.5) is 0 Å². The second-order valence-corrected chi connectivity index (χ2v) is 4.50. The van der Waals surface area contributed by atoms with Crippen LogP contribution in [0.25, 0.3) is 0 Å². The molecule has 1 aliphatic rings. The SMILES string of the molecule is CC(NCC(=O)NC1CC1)c1ccccc1O. The molecule has 0 spiro atoms. The highest BCUT2D eigenvalue weighted by Gasteiger charge is 2.23. The molecule has 4 heteroatoms. The Kier molecular flexibility index (Phi) is 3.64. The highest BCUT2D eigenvalue weighted by Crippen LogP contribution is 2.22. The lowest BCUT2D eigenvalue weighted by atomic mass is 10.1. The first-order valence-corrected chi connectivity index (χ1v) is 5.97. The van der Waals surface area contributed by atoms with Crippen LogP contribution < -0.4 is 10.6 Å². The first kappa shape index (κ1) is 11.9. The summed E-state index contributed by atoms with van der Waals surface area (Å²) in [7, 11) is 0. The van der Waals surface area contributed by atoms with Crippen molar-refractivity contribution in [1.82, 2.24) is 10.6 Å². The standard InChI is InChI=1S/C13H18N2O2/c1-9(11-4-2-3-5-12(11)16)14-8-13(17)15-10-6-7-10/h2-5,9-10,14,16H,6-8H2,1H3,(H,15,17). The predicted molar refractivity (Wildman–Crippen MR) is 65.7 cm³/mol. The monoisotopic (exact) mass is 234 g/mol. The Morgan fingerprint density at radius 2 is 2.18 bits per heavy atom. The highest BCUT2D eigenvalue weighted by atomic mass is 16.3. The van der Waals surface area contributed by atoms with Crippen molar-refractivity contribution >= 4 is 5.91 Å². The van der Waals surface area contributed by atoms with Crippen molar-refractivity contribution in [2.24, 2.45) is 0 Å². The van der Waals surface area contributed by atoms with E-state index >= 15 is 0 Å². The van der Waals surface area contributed by atoms with Gasteiger partial charge < -0.3 is 15.7 Å². The Hall–Kier alpha value is -1.55. The van der Waals surface area contributed by atoms with Gasteiger partial charge in [-0.3, -0.25) is 4.79 Å². The first-order chi connectivity index (χ1) is 8.16. The van der Waals surface area contributed by atoms with E-state index in [9.17, 15) is 9.90 Å². The highest BCUT2D eigenvalue weighted by molar-refractivity contribution is 5.78. The molecule has 92 valence electrons. The molecule has 1 aromatic rings. The third-order valence-corrected chi connectivity index (χ3v) is 2.91. The summed E-state index contributed by atoms with van der Waals surface area (Å²) in [5.74, 6) is 0.282. The normalized spacial score (nSPS) is 16.5. The van der Waals surface area contributed by atoms with E-state index in [1.807, 2.05) is 19.1 Å². The fourth-order valence-electron chi connectivity index (χ4n) is 1.72. The van der Waals surface area contributed by atoms with Gasteiger partial charge in [0.2, 0.25) is 5.91 Å². The molecule has 0 radical (unpaired) electrons. The van der Waals surface area contributed by atoms with Gasteiger partial charge in [-0.05, 0) is 25.8 Å². The Bertz CT molecular complexity index is 402. The molecular weight excluding hydrogens is 216 g/mol. The van der Waals surface area contributed by atoms with E-state index in [-0.39, 0.29) is 24.2 Å². The largest absolute Gasteiger partial charge is 0.508 e. The van der Waals surface area contributed by atoms with E-state index in [2.05, 4.69) is 10.6 Å². The number of hydrogen-bond donors (Lipinski definition) is 3. The van der Waals surface area contributed by atoms with Crippen LogP contribution in [0.2, 0.25) is 0 Å². The van der Waals surface area contributed by atoms with Gasteiger partial charge in [-0.2, -0.15) is 0 Å². The van der Waals surface area contributed by atoms with Crippen LogP contribution in [0.1, 0.15) is 31.4 Å². The molecule has 1 atom stereocenters. The van der Waals surface area contributed by atoms with E-state index in [1.54, 1.807) is 12.1 Å². The van der Waals surface area contributed by atoms with Crippen molar-refractivity contribution in [1.29, 1.82) is 0 Å². The van der Waals surface area contributed by atoms with Gasteiger partial charge in [-0.15, -0.1) is 0 Å². The summed E-state index contributed by atoms with van der Waals surface area (Å²) >= 11 is 0. The number of phenols is 1.